The van der Waals surface area contributed by atoms with Crippen LogP contribution in [0.4, 0.5) is 4.79 Å². The SMILES string of the molecule is CC(C)(C)C(CN)(NC(=O)OCc1ccccc1)C(=O)O. The summed E-state index contributed by atoms with van der Waals surface area (Å²) in [6.45, 7) is 4.94. The highest BCUT2D eigenvalue weighted by molar-refractivity contribution is 5.85. The monoisotopic (exact) mass is 294 g/mol. The topological polar surface area (TPSA) is 102 Å². The maximum atomic E-state index is 11.9. The highest BCUT2D eigenvalue weighted by Gasteiger charge is 2.49. The van der Waals surface area contributed by atoms with Crippen LogP contribution in [0.3, 0.4) is 0 Å². The standard InChI is InChI=1S/C15H22N2O4/c1-14(2,3)15(10-16,12(18)19)17-13(20)21-9-11-7-5-4-6-8-11/h4-8H,9-10,16H2,1-3H3,(H,17,20)(H,18,19). The lowest BCUT2D eigenvalue weighted by molar-refractivity contribution is -0.149. The number of carboxylic acid groups (broad SMARTS) is 1. The van der Waals surface area contributed by atoms with Crippen LogP contribution in [0.25, 0.3) is 0 Å². The fraction of sp³-hybridized carbons (Fsp3) is 0.467. The number of carbonyl (C=O) groups excluding carboxylic acids is 1. The van der Waals surface area contributed by atoms with Gasteiger partial charge >= 0.3 is 12.1 Å². The summed E-state index contributed by atoms with van der Waals surface area (Å²) in [6, 6.07) is 9.13. The van der Waals surface area contributed by atoms with Crippen molar-refractivity contribution >= 4 is 12.1 Å². The van der Waals surface area contributed by atoms with Crippen LogP contribution in [0.2, 0.25) is 0 Å². The molecule has 6 nitrogen and oxygen atoms in total. The summed E-state index contributed by atoms with van der Waals surface area (Å²) >= 11 is 0. The summed E-state index contributed by atoms with van der Waals surface area (Å²) in [4.78, 5) is 23.4. The zero-order valence-electron chi connectivity index (χ0n) is 12.6. The van der Waals surface area contributed by atoms with Crippen LogP contribution in [0, 0.1) is 5.41 Å². The van der Waals surface area contributed by atoms with E-state index in [1.54, 1.807) is 20.8 Å². The average molecular weight is 294 g/mol. The number of aliphatic carboxylic acids is 1. The molecule has 0 radical (unpaired) electrons. The highest BCUT2D eigenvalue weighted by atomic mass is 16.5. The number of hydrogen-bond acceptors (Lipinski definition) is 4. The first-order chi connectivity index (χ1) is 9.73. The normalized spacial score (nSPS) is 14.1. The summed E-state index contributed by atoms with van der Waals surface area (Å²) in [5.41, 5.74) is 4.07. The highest BCUT2D eigenvalue weighted by Crippen LogP contribution is 2.30. The molecule has 0 fully saturated rings. The van der Waals surface area contributed by atoms with E-state index < -0.39 is 23.0 Å². The second-order valence-electron chi connectivity index (χ2n) is 5.85. The third kappa shape index (κ3) is 3.95. The van der Waals surface area contributed by atoms with Crippen molar-refractivity contribution in [1.29, 1.82) is 0 Å². The molecule has 6 heteroatoms. The Morgan fingerprint density at radius 1 is 1.24 bits per heavy atom. The van der Waals surface area contributed by atoms with Crippen LogP contribution >= 0.6 is 0 Å². The molecule has 21 heavy (non-hydrogen) atoms. The zero-order chi connectivity index (χ0) is 16.1. The van der Waals surface area contributed by atoms with Crippen LogP contribution in [-0.2, 0) is 16.1 Å². The van der Waals surface area contributed by atoms with Gasteiger partial charge in [0.25, 0.3) is 0 Å². The van der Waals surface area contributed by atoms with Crippen molar-refractivity contribution in [2.75, 3.05) is 6.54 Å². The number of carboxylic acids is 1. The van der Waals surface area contributed by atoms with Crippen LogP contribution in [0.5, 0.6) is 0 Å². The molecule has 1 amide bonds. The van der Waals surface area contributed by atoms with E-state index in [-0.39, 0.29) is 13.2 Å². The Bertz CT molecular complexity index is 496. The molecule has 4 N–H and O–H groups in total. The van der Waals surface area contributed by atoms with E-state index >= 15 is 0 Å². The second kappa shape index (κ2) is 6.58. The Balaban J connectivity index is 2.76. The van der Waals surface area contributed by atoms with Gasteiger partial charge in [0.05, 0.1) is 0 Å². The fourth-order valence-corrected chi connectivity index (χ4v) is 1.94. The maximum Gasteiger partial charge on any atom is 0.408 e. The molecule has 0 aromatic heterocycles. The predicted molar refractivity (Wildman–Crippen MR) is 78.6 cm³/mol. The number of ether oxygens (including phenoxy) is 1. The van der Waals surface area contributed by atoms with E-state index in [9.17, 15) is 14.7 Å². The molecule has 1 unspecified atom stereocenters. The Morgan fingerprint density at radius 3 is 2.24 bits per heavy atom. The molecule has 0 aliphatic carbocycles. The molecule has 1 aromatic rings. The van der Waals surface area contributed by atoms with Crippen LogP contribution < -0.4 is 11.1 Å². The lowest BCUT2D eigenvalue weighted by Gasteiger charge is -2.40. The van der Waals surface area contributed by atoms with Crippen LogP contribution in [0.15, 0.2) is 30.3 Å². The Hall–Kier alpha value is -2.08. The van der Waals surface area contributed by atoms with E-state index in [0.717, 1.165) is 5.56 Å². The fourth-order valence-electron chi connectivity index (χ4n) is 1.94. The van der Waals surface area contributed by atoms with Crippen molar-refractivity contribution in [1.82, 2.24) is 5.32 Å². The summed E-state index contributed by atoms with van der Waals surface area (Å²) < 4.78 is 5.06. The second-order valence-corrected chi connectivity index (χ2v) is 5.85. The van der Waals surface area contributed by atoms with Gasteiger partial charge in [0.15, 0.2) is 5.54 Å². The summed E-state index contributed by atoms with van der Waals surface area (Å²) in [5.74, 6) is -1.19. The van der Waals surface area contributed by atoms with Crippen molar-refractivity contribution < 1.29 is 19.4 Å². The number of alkyl carbamates (subject to hydrolysis) is 1. The number of nitrogens with one attached hydrogen (secondary N) is 1. The predicted octanol–water partition coefficient (Wildman–Crippen LogP) is 1.74. The molecule has 1 atom stereocenters. The molecule has 0 aliphatic rings. The summed E-state index contributed by atoms with van der Waals surface area (Å²) in [6.07, 6.45) is -0.804. The lowest BCUT2D eigenvalue weighted by atomic mass is 9.73. The number of carbonyl (C=O) groups is 2. The Kier molecular flexibility index (Phi) is 5.32. The number of amides is 1. The first kappa shape index (κ1) is 17.0. The van der Waals surface area contributed by atoms with Gasteiger partial charge in [-0.2, -0.15) is 0 Å². The zero-order valence-corrected chi connectivity index (χ0v) is 12.6. The molecule has 0 heterocycles. The number of nitrogens with two attached hydrogens (primary N) is 1. The van der Waals surface area contributed by atoms with Gasteiger partial charge < -0.3 is 20.9 Å². The minimum absolute atomic E-state index is 0.0666. The third-order valence-corrected chi connectivity index (χ3v) is 3.48. The van der Waals surface area contributed by atoms with E-state index in [1.807, 2.05) is 30.3 Å². The van der Waals surface area contributed by atoms with E-state index in [4.69, 9.17) is 10.5 Å². The van der Waals surface area contributed by atoms with Crippen LogP contribution in [0.1, 0.15) is 26.3 Å². The maximum absolute atomic E-state index is 11.9. The minimum atomic E-state index is -1.58. The molecule has 1 rings (SSSR count). The lowest BCUT2D eigenvalue weighted by Crippen LogP contribution is -2.66. The van der Waals surface area contributed by atoms with Gasteiger partial charge in [-0.3, -0.25) is 0 Å². The molecule has 0 saturated carbocycles. The summed E-state index contributed by atoms with van der Waals surface area (Å²) in [5, 5.41) is 11.8. The molecule has 0 bridgehead atoms. The van der Waals surface area contributed by atoms with Gasteiger partial charge in [-0.05, 0) is 11.0 Å². The van der Waals surface area contributed by atoms with E-state index in [1.165, 1.54) is 0 Å². The molecule has 1 aromatic carbocycles. The van der Waals surface area contributed by atoms with Crippen molar-refractivity contribution in [2.24, 2.45) is 11.1 Å². The van der Waals surface area contributed by atoms with Gasteiger partial charge in [0.2, 0.25) is 0 Å². The van der Waals surface area contributed by atoms with E-state index in [0.29, 0.717) is 0 Å². The number of hydrogen-bond donors (Lipinski definition) is 3. The van der Waals surface area contributed by atoms with Gasteiger partial charge in [-0.1, -0.05) is 51.1 Å². The first-order valence-corrected chi connectivity index (χ1v) is 6.65. The van der Waals surface area contributed by atoms with Crippen molar-refractivity contribution in [2.45, 2.75) is 32.9 Å². The van der Waals surface area contributed by atoms with Gasteiger partial charge in [0.1, 0.15) is 6.61 Å². The van der Waals surface area contributed by atoms with E-state index in [2.05, 4.69) is 5.32 Å². The third-order valence-electron chi connectivity index (χ3n) is 3.48. The van der Waals surface area contributed by atoms with Crippen LogP contribution in [-0.4, -0.2) is 29.3 Å². The largest absolute Gasteiger partial charge is 0.479 e. The van der Waals surface area contributed by atoms with Gasteiger partial charge in [-0.15, -0.1) is 0 Å². The Labute approximate surface area is 124 Å². The quantitative estimate of drug-likeness (QED) is 0.767. The Morgan fingerprint density at radius 2 is 1.81 bits per heavy atom. The van der Waals surface area contributed by atoms with Gasteiger partial charge in [0, 0.05) is 6.54 Å². The molecule has 0 spiro atoms. The molecule has 116 valence electrons. The smallest absolute Gasteiger partial charge is 0.408 e. The van der Waals surface area contributed by atoms with Crippen molar-refractivity contribution in [3.63, 3.8) is 0 Å². The number of benzene rings is 1. The van der Waals surface area contributed by atoms with Gasteiger partial charge in [-0.25, -0.2) is 9.59 Å². The average Bonchev–Trinajstić information content (AvgIpc) is 2.42. The van der Waals surface area contributed by atoms with Crippen molar-refractivity contribution in [3.05, 3.63) is 35.9 Å². The molecule has 0 saturated heterocycles. The van der Waals surface area contributed by atoms with Crippen molar-refractivity contribution in [3.8, 4) is 0 Å². The minimum Gasteiger partial charge on any atom is -0.479 e. The number of rotatable bonds is 5. The molecular weight excluding hydrogens is 272 g/mol. The summed E-state index contributed by atoms with van der Waals surface area (Å²) in [7, 11) is 0. The molecule has 0 aliphatic heterocycles. The molecular formula is C15H22N2O4. The first-order valence-electron chi connectivity index (χ1n) is 6.65.